The van der Waals surface area contributed by atoms with E-state index in [2.05, 4.69) is 5.32 Å². The molecule has 138 valence electrons. The van der Waals surface area contributed by atoms with Crippen molar-refractivity contribution in [2.45, 2.75) is 6.92 Å². The number of thiophene rings is 1. The number of carbonyl (C=O) groups is 2. The van der Waals surface area contributed by atoms with Crippen molar-refractivity contribution in [2.24, 2.45) is 0 Å². The third kappa shape index (κ3) is 3.85. The monoisotopic (exact) mass is 381 g/mol. The molecule has 0 atom stereocenters. The van der Waals surface area contributed by atoms with Crippen molar-refractivity contribution in [1.29, 1.82) is 0 Å². The van der Waals surface area contributed by atoms with E-state index in [9.17, 15) is 9.59 Å². The van der Waals surface area contributed by atoms with Crippen LogP contribution in [0.3, 0.4) is 0 Å². The summed E-state index contributed by atoms with van der Waals surface area (Å²) in [7, 11) is 2.90. The Balaban J connectivity index is 2.02. The molecule has 0 bridgehead atoms. The van der Waals surface area contributed by atoms with Crippen LogP contribution in [0.25, 0.3) is 0 Å². The van der Waals surface area contributed by atoms with Crippen molar-refractivity contribution in [2.75, 3.05) is 19.5 Å². The molecule has 0 fully saturated rings. The van der Waals surface area contributed by atoms with Gasteiger partial charge in [0.1, 0.15) is 10.8 Å². The maximum atomic E-state index is 13.0. The van der Waals surface area contributed by atoms with Gasteiger partial charge >= 0.3 is 5.97 Å². The zero-order valence-corrected chi connectivity index (χ0v) is 16.1. The lowest BCUT2D eigenvalue weighted by molar-refractivity contribution is 0.0601. The molecule has 1 aromatic heterocycles. The first-order valence-electron chi connectivity index (χ1n) is 8.27. The minimum absolute atomic E-state index is 0.147. The Labute approximate surface area is 161 Å². The van der Waals surface area contributed by atoms with Crippen LogP contribution in [0.4, 0.5) is 10.7 Å². The Hall–Kier alpha value is -3.12. The lowest BCUT2D eigenvalue weighted by Crippen LogP contribution is -2.06. The molecule has 2 aromatic carbocycles. The quantitative estimate of drug-likeness (QED) is 0.490. The number of ether oxygens (including phenoxy) is 2. The molecule has 3 aromatic rings. The summed E-state index contributed by atoms with van der Waals surface area (Å²) in [5, 5.41) is 3.80. The Morgan fingerprint density at radius 1 is 0.963 bits per heavy atom. The van der Waals surface area contributed by atoms with Gasteiger partial charge in [0, 0.05) is 11.3 Å². The fourth-order valence-electron chi connectivity index (χ4n) is 2.69. The number of rotatable bonds is 6. The highest BCUT2D eigenvalue weighted by Crippen LogP contribution is 2.37. The molecule has 0 amide bonds. The van der Waals surface area contributed by atoms with Crippen LogP contribution in [0.1, 0.15) is 31.2 Å². The molecular formula is C21H19NO4S. The molecule has 3 rings (SSSR count). The second-order valence-electron chi connectivity index (χ2n) is 5.80. The van der Waals surface area contributed by atoms with Crippen molar-refractivity contribution in [1.82, 2.24) is 0 Å². The van der Waals surface area contributed by atoms with Crippen molar-refractivity contribution in [3.8, 4) is 5.75 Å². The number of ketones is 1. The number of para-hydroxylation sites is 1. The number of nitrogens with one attached hydrogen (secondary N) is 1. The van der Waals surface area contributed by atoms with Gasteiger partial charge in [-0.3, -0.25) is 4.79 Å². The molecule has 0 spiro atoms. The van der Waals surface area contributed by atoms with Crippen LogP contribution in [0.2, 0.25) is 0 Å². The predicted molar refractivity (Wildman–Crippen MR) is 107 cm³/mol. The first-order valence-corrected chi connectivity index (χ1v) is 9.09. The SMILES string of the molecule is COC(=O)c1c(Nc2ccccc2)sc(C(=O)c2ccc(OC)cc2)c1C. The third-order valence-electron chi connectivity index (χ3n) is 4.13. The first-order chi connectivity index (χ1) is 13.0. The minimum Gasteiger partial charge on any atom is -0.497 e. The maximum Gasteiger partial charge on any atom is 0.341 e. The summed E-state index contributed by atoms with van der Waals surface area (Å²) in [6.07, 6.45) is 0. The highest BCUT2D eigenvalue weighted by molar-refractivity contribution is 7.18. The molecule has 0 saturated heterocycles. The van der Waals surface area contributed by atoms with E-state index in [-0.39, 0.29) is 5.78 Å². The normalized spacial score (nSPS) is 10.3. The number of hydrogen-bond acceptors (Lipinski definition) is 6. The van der Waals surface area contributed by atoms with Crippen LogP contribution < -0.4 is 10.1 Å². The lowest BCUT2D eigenvalue weighted by Gasteiger charge is -2.06. The molecule has 0 saturated carbocycles. The molecule has 0 unspecified atom stereocenters. The van der Waals surface area contributed by atoms with Crippen LogP contribution in [0.15, 0.2) is 54.6 Å². The zero-order valence-electron chi connectivity index (χ0n) is 15.2. The number of carbonyl (C=O) groups excluding carboxylic acids is 2. The van der Waals surface area contributed by atoms with Crippen LogP contribution >= 0.6 is 11.3 Å². The molecule has 0 aliphatic rings. The van der Waals surface area contributed by atoms with Gasteiger partial charge in [0.05, 0.1) is 24.7 Å². The summed E-state index contributed by atoms with van der Waals surface area (Å²) in [4.78, 5) is 25.8. The van der Waals surface area contributed by atoms with Gasteiger partial charge in [0.25, 0.3) is 0 Å². The van der Waals surface area contributed by atoms with Gasteiger partial charge in [-0.25, -0.2) is 4.79 Å². The van der Waals surface area contributed by atoms with Crippen LogP contribution in [0.5, 0.6) is 5.75 Å². The summed E-state index contributed by atoms with van der Waals surface area (Å²) in [6, 6.07) is 16.4. The van der Waals surface area contributed by atoms with E-state index < -0.39 is 5.97 Å². The average molecular weight is 381 g/mol. The number of methoxy groups -OCH3 is 2. The van der Waals surface area contributed by atoms with Gasteiger partial charge in [-0.05, 0) is 48.9 Å². The Morgan fingerprint density at radius 2 is 1.63 bits per heavy atom. The van der Waals surface area contributed by atoms with Crippen LogP contribution in [-0.4, -0.2) is 26.0 Å². The van der Waals surface area contributed by atoms with Crippen molar-refractivity contribution in [3.63, 3.8) is 0 Å². The standard InChI is InChI=1S/C21H19NO4S/c1-13-17(21(24)26-3)20(22-15-7-5-4-6-8-15)27-19(13)18(23)14-9-11-16(25-2)12-10-14/h4-12,22H,1-3H3. The Morgan fingerprint density at radius 3 is 2.22 bits per heavy atom. The van der Waals surface area contributed by atoms with E-state index in [1.807, 2.05) is 30.3 Å². The molecule has 1 heterocycles. The van der Waals surface area contributed by atoms with Gasteiger partial charge in [-0.15, -0.1) is 11.3 Å². The first kappa shape index (κ1) is 18.7. The van der Waals surface area contributed by atoms with Crippen LogP contribution in [0, 0.1) is 6.92 Å². The third-order valence-corrected chi connectivity index (χ3v) is 5.33. The van der Waals surface area contributed by atoms with Gasteiger partial charge < -0.3 is 14.8 Å². The molecule has 5 nitrogen and oxygen atoms in total. The van der Waals surface area contributed by atoms with Gasteiger partial charge in [0.15, 0.2) is 0 Å². The summed E-state index contributed by atoms with van der Waals surface area (Å²) in [5.41, 5.74) is 2.34. The number of benzene rings is 2. The summed E-state index contributed by atoms with van der Waals surface area (Å²) in [5.74, 6) is 0.0542. The Bertz CT molecular complexity index is 962. The van der Waals surface area contributed by atoms with E-state index in [0.717, 1.165) is 5.69 Å². The fourth-order valence-corrected chi connectivity index (χ4v) is 3.87. The van der Waals surface area contributed by atoms with E-state index in [4.69, 9.17) is 9.47 Å². The van der Waals surface area contributed by atoms with Crippen molar-refractivity contribution < 1.29 is 19.1 Å². The lowest BCUT2D eigenvalue weighted by atomic mass is 10.0. The highest BCUT2D eigenvalue weighted by Gasteiger charge is 2.26. The smallest absolute Gasteiger partial charge is 0.341 e. The summed E-state index contributed by atoms with van der Waals surface area (Å²) < 4.78 is 10.1. The van der Waals surface area contributed by atoms with Gasteiger partial charge in [0.2, 0.25) is 5.78 Å². The van der Waals surface area contributed by atoms with Crippen molar-refractivity contribution in [3.05, 3.63) is 76.2 Å². The van der Waals surface area contributed by atoms with Crippen LogP contribution in [-0.2, 0) is 4.74 Å². The highest BCUT2D eigenvalue weighted by atomic mass is 32.1. The van der Waals surface area contributed by atoms with Gasteiger partial charge in [-0.2, -0.15) is 0 Å². The fraction of sp³-hybridized carbons (Fsp3) is 0.143. The zero-order chi connectivity index (χ0) is 19.4. The van der Waals surface area contributed by atoms with E-state index in [0.29, 0.717) is 32.3 Å². The maximum absolute atomic E-state index is 13.0. The second kappa shape index (κ2) is 8.05. The average Bonchev–Trinajstić information content (AvgIpc) is 3.03. The molecule has 1 N–H and O–H groups in total. The minimum atomic E-state index is -0.476. The molecule has 0 radical (unpaired) electrons. The topological polar surface area (TPSA) is 64.6 Å². The van der Waals surface area contributed by atoms with Crippen molar-refractivity contribution >= 4 is 33.8 Å². The Kier molecular flexibility index (Phi) is 5.57. The second-order valence-corrected chi connectivity index (χ2v) is 6.82. The number of hydrogen-bond donors (Lipinski definition) is 1. The molecule has 6 heteroatoms. The number of anilines is 2. The molecule has 0 aliphatic carbocycles. The van der Waals surface area contributed by atoms with Gasteiger partial charge in [-0.1, -0.05) is 18.2 Å². The summed E-state index contributed by atoms with van der Waals surface area (Å²) >= 11 is 1.24. The van der Waals surface area contributed by atoms with E-state index in [1.54, 1.807) is 38.3 Å². The molecule has 0 aliphatic heterocycles. The summed E-state index contributed by atoms with van der Waals surface area (Å²) in [6.45, 7) is 1.76. The molecular weight excluding hydrogens is 362 g/mol. The molecule has 27 heavy (non-hydrogen) atoms. The van der Waals surface area contributed by atoms with E-state index >= 15 is 0 Å². The number of esters is 1. The predicted octanol–water partition coefficient (Wildman–Crippen LogP) is 4.83. The van der Waals surface area contributed by atoms with E-state index in [1.165, 1.54) is 18.4 Å². The largest absolute Gasteiger partial charge is 0.497 e.